The molecule has 3 aromatic rings. The number of halogens is 2. The maximum atomic E-state index is 12.4. The first-order valence-electron chi connectivity index (χ1n) is 7.09. The van der Waals surface area contributed by atoms with E-state index in [4.69, 9.17) is 16.0 Å². The molecule has 1 heterocycles. The van der Waals surface area contributed by atoms with Crippen molar-refractivity contribution in [3.63, 3.8) is 0 Å². The van der Waals surface area contributed by atoms with Crippen molar-refractivity contribution >= 4 is 45.1 Å². The third-order valence-electron chi connectivity index (χ3n) is 3.29. The summed E-state index contributed by atoms with van der Waals surface area (Å²) in [6.45, 7) is 1.81. The lowest BCUT2D eigenvalue weighted by molar-refractivity contribution is 0.0993. The van der Waals surface area contributed by atoms with Gasteiger partial charge in [-0.1, -0.05) is 35.5 Å². The number of aromatic nitrogens is 2. The first-order valence-corrected chi connectivity index (χ1v) is 9.14. The number of nitrogens with zero attached hydrogens (tertiary/aromatic N) is 2. The molecule has 0 spiro atoms. The van der Waals surface area contributed by atoms with Crippen molar-refractivity contribution in [2.45, 2.75) is 17.4 Å². The van der Waals surface area contributed by atoms with Gasteiger partial charge >= 0.3 is 0 Å². The molecule has 0 aliphatic rings. The number of carbonyl (C=O) groups is 1. The zero-order chi connectivity index (χ0) is 17.1. The van der Waals surface area contributed by atoms with Crippen molar-refractivity contribution in [2.75, 3.05) is 0 Å². The third-order valence-corrected chi connectivity index (χ3v) is 5.16. The van der Waals surface area contributed by atoms with E-state index in [-0.39, 0.29) is 11.0 Å². The Morgan fingerprint density at radius 2 is 1.88 bits per heavy atom. The van der Waals surface area contributed by atoms with Crippen LogP contribution >= 0.6 is 39.3 Å². The first kappa shape index (κ1) is 17.2. The molecule has 0 fully saturated rings. The second-order valence-corrected chi connectivity index (χ2v) is 7.57. The molecule has 0 bridgehead atoms. The quantitative estimate of drug-likeness (QED) is 0.400. The monoisotopic (exact) mass is 422 g/mol. The minimum atomic E-state index is -0.348. The summed E-state index contributed by atoms with van der Waals surface area (Å²) in [5.41, 5.74) is 1.42. The standard InChI is InChI=1S/C17H12BrClN2O2S/c1-10(15(22)11-6-8-12(19)9-7-11)24-17-21-20-16(23-17)13-4-2-3-5-14(13)18/h2-10H,1H3/t10-/m0/s1. The minimum absolute atomic E-state index is 0.0164. The fourth-order valence-electron chi connectivity index (χ4n) is 2.05. The topological polar surface area (TPSA) is 56.0 Å². The lowest BCUT2D eigenvalue weighted by Gasteiger charge is -2.07. The van der Waals surface area contributed by atoms with Gasteiger partial charge in [0.2, 0.25) is 5.89 Å². The van der Waals surface area contributed by atoms with Crippen LogP contribution in [0.2, 0.25) is 5.02 Å². The lowest BCUT2D eigenvalue weighted by Crippen LogP contribution is -2.13. The lowest BCUT2D eigenvalue weighted by atomic mass is 10.1. The van der Waals surface area contributed by atoms with Crippen LogP contribution in [0.5, 0.6) is 0 Å². The molecule has 0 aliphatic heterocycles. The molecule has 0 amide bonds. The second kappa shape index (κ2) is 7.51. The van der Waals surface area contributed by atoms with Crippen LogP contribution in [-0.4, -0.2) is 21.2 Å². The zero-order valence-electron chi connectivity index (χ0n) is 12.6. The summed E-state index contributed by atoms with van der Waals surface area (Å²) in [5, 5.41) is 8.67. The van der Waals surface area contributed by atoms with E-state index in [2.05, 4.69) is 26.1 Å². The van der Waals surface area contributed by atoms with Crippen LogP contribution < -0.4 is 0 Å². The molecule has 0 unspecified atom stereocenters. The molecule has 122 valence electrons. The van der Waals surface area contributed by atoms with Crippen LogP contribution in [0.1, 0.15) is 17.3 Å². The Bertz CT molecular complexity index is 867. The van der Waals surface area contributed by atoms with Gasteiger partial charge in [0.15, 0.2) is 5.78 Å². The minimum Gasteiger partial charge on any atom is -0.411 e. The van der Waals surface area contributed by atoms with E-state index < -0.39 is 0 Å². The second-order valence-electron chi connectivity index (χ2n) is 4.98. The summed E-state index contributed by atoms with van der Waals surface area (Å²) in [7, 11) is 0. The van der Waals surface area contributed by atoms with Crippen LogP contribution in [0.15, 0.2) is 62.6 Å². The Kier molecular flexibility index (Phi) is 5.38. The molecule has 4 nitrogen and oxygen atoms in total. The Morgan fingerprint density at radius 3 is 2.58 bits per heavy atom. The van der Waals surface area contributed by atoms with Crippen molar-refractivity contribution in [2.24, 2.45) is 0 Å². The molecular formula is C17H12BrClN2O2S. The number of rotatable bonds is 5. The van der Waals surface area contributed by atoms with Crippen LogP contribution in [0, 0.1) is 0 Å². The normalized spacial score (nSPS) is 12.1. The molecular weight excluding hydrogens is 412 g/mol. The molecule has 0 saturated heterocycles. The number of ketones is 1. The van der Waals surface area contributed by atoms with Crippen molar-refractivity contribution in [3.05, 3.63) is 63.6 Å². The first-order chi connectivity index (χ1) is 11.5. The van der Waals surface area contributed by atoms with Gasteiger partial charge in [0.05, 0.1) is 10.8 Å². The Labute approximate surface area is 156 Å². The van der Waals surface area contributed by atoms with E-state index in [1.54, 1.807) is 24.3 Å². The van der Waals surface area contributed by atoms with Crippen molar-refractivity contribution in [1.29, 1.82) is 0 Å². The summed E-state index contributed by atoms with van der Waals surface area (Å²) < 4.78 is 6.53. The average Bonchev–Trinajstić information content (AvgIpc) is 3.03. The Balaban J connectivity index is 1.73. The maximum Gasteiger partial charge on any atom is 0.277 e. The van der Waals surface area contributed by atoms with E-state index >= 15 is 0 Å². The van der Waals surface area contributed by atoms with E-state index in [0.717, 1.165) is 10.0 Å². The van der Waals surface area contributed by atoms with E-state index in [9.17, 15) is 4.79 Å². The van der Waals surface area contributed by atoms with Gasteiger partial charge in [-0.3, -0.25) is 4.79 Å². The van der Waals surface area contributed by atoms with Gasteiger partial charge in [-0.05, 0) is 59.3 Å². The van der Waals surface area contributed by atoms with Gasteiger partial charge in [0.25, 0.3) is 5.22 Å². The highest BCUT2D eigenvalue weighted by Crippen LogP contribution is 2.31. The maximum absolute atomic E-state index is 12.4. The predicted octanol–water partition coefficient (Wildman–Crippen LogP) is 5.52. The summed E-state index contributed by atoms with van der Waals surface area (Å²) in [5.74, 6) is 0.397. The molecule has 0 radical (unpaired) electrons. The summed E-state index contributed by atoms with van der Waals surface area (Å²) in [4.78, 5) is 12.4. The highest BCUT2D eigenvalue weighted by molar-refractivity contribution is 9.10. The molecule has 0 N–H and O–H groups in total. The van der Waals surface area contributed by atoms with Crippen molar-refractivity contribution in [3.8, 4) is 11.5 Å². The van der Waals surface area contributed by atoms with E-state index in [1.165, 1.54) is 11.8 Å². The molecule has 7 heteroatoms. The fourth-order valence-corrected chi connectivity index (χ4v) is 3.40. The van der Waals surface area contributed by atoms with Gasteiger partial charge < -0.3 is 4.42 Å². The van der Waals surface area contributed by atoms with E-state index in [1.807, 2.05) is 31.2 Å². The third kappa shape index (κ3) is 3.88. The summed E-state index contributed by atoms with van der Waals surface area (Å²) >= 11 is 10.5. The van der Waals surface area contributed by atoms with Crippen LogP contribution in [0.3, 0.4) is 0 Å². The summed E-state index contributed by atoms with van der Waals surface area (Å²) in [6.07, 6.45) is 0. The van der Waals surface area contributed by atoms with Crippen LogP contribution in [0.4, 0.5) is 0 Å². The number of benzene rings is 2. The van der Waals surface area contributed by atoms with E-state index in [0.29, 0.717) is 21.7 Å². The van der Waals surface area contributed by atoms with Gasteiger partial charge in [0.1, 0.15) is 0 Å². The average molecular weight is 424 g/mol. The van der Waals surface area contributed by atoms with Gasteiger partial charge in [0, 0.05) is 15.1 Å². The molecule has 0 aliphatic carbocycles. The van der Waals surface area contributed by atoms with Crippen LogP contribution in [0.25, 0.3) is 11.5 Å². The number of thioether (sulfide) groups is 1. The highest BCUT2D eigenvalue weighted by atomic mass is 79.9. The molecule has 2 aromatic carbocycles. The van der Waals surface area contributed by atoms with Gasteiger partial charge in [-0.25, -0.2) is 0 Å². The van der Waals surface area contributed by atoms with Crippen molar-refractivity contribution < 1.29 is 9.21 Å². The molecule has 1 aromatic heterocycles. The number of hydrogen-bond acceptors (Lipinski definition) is 5. The molecule has 3 rings (SSSR count). The number of carbonyl (C=O) groups excluding carboxylic acids is 1. The van der Waals surface area contributed by atoms with Crippen LogP contribution in [-0.2, 0) is 0 Å². The highest BCUT2D eigenvalue weighted by Gasteiger charge is 2.20. The Hall–Kier alpha value is -1.63. The Morgan fingerprint density at radius 1 is 1.17 bits per heavy atom. The SMILES string of the molecule is C[C@H](Sc1nnc(-c2ccccc2Br)o1)C(=O)c1ccc(Cl)cc1. The van der Waals surface area contributed by atoms with Crippen molar-refractivity contribution in [1.82, 2.24) is 10.2 Å². The molecule has 1 atom stereocenters. The summed E-state index contributed by atoms with van der Waals surface area (Å²) in [6, 6.07) is 14.4. The fraction of sp³-hybridized carbons (Fsp3) is 0.118. The molecule has 0 saturated carbocycles. The number of hydrogen-bond donors (Lipinski definition) is 0. The molecule has 24 heavy (non-hydrogen) atoms. The predicted molar refractivity (Wildman–Crippen MR) is 98.5 cm³/mol. The smallest absolute Gasteiger partial charge is 0.277 e. The largest absolute Gasteiger partial charge is 0.411 e. The van der Waals surface area contributed by atoms with Gasteiger partial charge in [-0.2, -0.15) is 0 Å². The number of Topliss-reactive ketones (excluding diaryl/α,β-unsaturated/α-hetero) is 1. The van der Waals surface area contributed by atoms with Gasteiger partial charge in [-0.15, -0.1) is 10.2 Å². The zero-order valence-corrected chi connectivity index (χ0v) is 15.7.